The first kappa shape index (κ1) is 18.1. The second kappa shape index (κ2) is 7.27. The molecule has 0 bridgehead atoms. The Morgan fingerprint density at radius 3 is 2.65 bits per heavy atom. The number of ether oxygens (including phenoxy) is 1. The van der Waals surface area contributed by atoms with Gasteiger partial charge in [0.25, 0.3) is 0 Å². The highest BCUT2D eigenvalue weighted by molar-refractivity contribution is 5.87. The maximum Gasteiger partial charge on any atom is 0.418 e. The van der Waals surface area contributed by atoms with Gasteiger partial charge in [0.2, 0.25) is 0 Å². The molecule has 138 valence electrons. The molecular weight excluding hydrogens is 349 g/mol. The average molecular weight is 366 g/mol. The largest absolute Gasteiger partial charge is 0.459 e. The van der Waals surface area contributed by atoms with E-state index in [1.165, 1.54) is 25.1 Å². The van der Waals surface area contributed by atoms with Crippen LogP contribution in [-0.2, 0) is 15.7 Å². The lowest BCUT2D eigenvalue weighted by atomic mass is 10.1. The van der Waals surface area contributed by atoms with Gasteiger partial charge in [0.15, 0.2) is 5.82 Å². The molecule has 0 unspecified atom stereocenters. The molecule has 0 atom stereocenters. The zero-order valence-electron chi connectivity index (χ0n) is 14.0. The molecule has 6 nitrogen and oxygen atoms in total. The molecule has 1 heterocycles. The summed E-state index contributed by atoms with van der Waals surface area (Å²) >= 11 is 0. The molecule has 0 N–H and O–H groups in total. The molecule has 0 radical (unpaired) electrons. The number of tetrazole rings is 1. The van der Waals surface area contributed by atoms with E-state index in [2.05, 4.69) is 15.5 Å². The van der Waals surface area contributed by atoms with Gasteiger partial charge in [-0.1, -0.05) is 6.07 Å². The number of nitrogens with zero attached hydrogens (tertiary/aromatic N) is 4. The highest BCUT2D eigenvalue weighted by Gasteiger charge is 2.35. The Bertz CT molecular complexity index is 824. The summed E-state index contributed by atoms with van der Waals surface area (Å²) in [4.78, 5) is 11.8. The summed E-state index contributed by atoms with van der Waals surface area (Å²) in [6.45, 7) is 1.51. The van der Waals surface area contributed by atoms with Crippen LogP contribution < -0.4 is 0 Å². The Morgan fingerprint density at radius 1 is 1.31 bits per heavy atom. The van der Waals surface area contributed by atoms with Gasteiger partial charge in [-0.3, -0.25) is 0 Å². The van der Waals surface area contributed by atoms with E-state index >= 15 is 0 Å². The van der Waals surface area contributed by atoms with Crippen molar-refractivity contribution in [3.63, 3.8) is 0 Å². The third kappa shape index (κ3) is 4.09. The zero-order chi connectivity index (χ0) is 18.7. The van der Waals surface area contributed by atoms with Gasteiger partial charge in [0.1, 0.15) is 6.10 Å². The summed E-state index contributed by atoms with van der Waals surface area (Å²) in [5, 5.41) is 10.6. The number of halogens is 3. The van der Waals surface area contributed by atoms with Crippen molar-refractivity contribution >= 4 is 12.0 Å². The van der Waals surface area contributed by atoms with Gasteiger partial charge in [-0.15, -0.1) is 5.10 Å². The minimum Gasteiger partial charge on any atom is -0.459 e. The number of rotatable bonds is 4. The van der Waals surface area contributed by atoms with Crippen molar-refractivity contribution in [3.05, 3.63) is 41.2 Å². The van der Waals surface area contributed by atoms with E-state index in [-0.39, 0.29) is 23.2 Å². The molecule has 0 amide bonds. The Morgan fingerprint density at radius 2 is 2.04 bits per heavy atom. The number of carbonyl (C=O) groups is 1. The standard InChI is InChI=1S/C17H17F3N4O2/c1-11-21-22-23-24(11)15-8-6-12(10-14(15)17(18,19)20)7-9-16(25)26-13-4-2-3-5-13/h6-10,13H,2-5H2,1H3/b9-7+. The minimum absolute atomic E-state index is 0.0944. The molecule has 1 aromatic carbocycles. The predicted molar refractivity (Wildman–Crippen MR) is 86.3 cm³/mol. The van der Waals surface area contributed by atoms with E-state index in [1.54, 1.807) is 0 Å². The number of carbonyl (C=O) groups excluding carboxylic acids is 1. The van der Waals surface area contributed by atoms with Gasteiger partial charge in [-0.25, -0.2) is 4.79 Å². The number of aromatic nitrogens is 4. The van der Waals surface area contributed by atoms with Crippen LogP contribution in [0.15, 0.2) is 24.3 Å². The SMILES string of the molecule is Cc1nnnn1-c1ccc(/C=C/C(=O)OC2CCCC2)cc1C(F)(F)F. The summed E-state index contributed by atoms with van der Waals surface area (Å²) in [5.74, 6) is -0.315. The monoisotopic (exact) mass is 366 g/mol. The smallest absolute Gasteiger partial charge is 0.418 e. The van der Waals surface area contributed by atoms with Gasteiger partial charge in [-0.2, -0.15) is 17.9 Å². The quantitative estimate of drug-likeness (QED) is 0.612. The molecule has 9 heteroatoms. The van der Waals surface area contributed by atoms with E-state index < -0.39 is 17.7 Å². The van der Waals surface area contributed by atoms with Crippen LogP contribution >= 0.6 is 0 Å². The van der Waals surface area contributed by atoms with Crippen LogP contribution in [0.5, 0.6) is 0 Å². The lowest BCUT2D eigenvalue weighted by Gasteiger charge is -2.13. The van der Waals surface area contributed by atoms with Crippen molar-refractivity contribution in [2.24, 2.45) is 0 Å². The molecular formula is C17H17F3N4O2. The van der Waals surface area contributed by atoms with Crippen molar-refractivity contribution < 1.29 is 22.7 Å². The lowest BCUT2D eigenvalue weighted by Crippen LogP contribution is -2.13. The van der Waals surface area contributed by atoms with Gasteiger partial charge < -0.3 is 4.74 Å². The fraction of sp³-hybridized carbons (Fsp3) is 0.412. The van der Waals surface area contributed by atoms with Crippen molar-refractivity contribution in [3.8, 4) is 5.69 Å². The number of hydrogen-bond donors (Lipinski definition) is 0. The molecule has 1 aromatic heterocycles. The van der Waals surface area contributed by atoms with Crippen molar-refractivity contribution in [1.82, 2.24) is 20.2 Å². The summed E-state index contributed by atoms with van der Waals surface area (Å²) in [7, 11) is 0. The maximum absolute atomic E-state index is 13.4. The van der Waals surface area contributed by atoms with Gasteiger partial charge in [0, 0.05) is 6.08 Å². The molecule has 3 rings (SSSR count). The number of alkyl halides is 3. The molecule has 1 aliphatic rings. The number of esters is 1. The summed E-state index contributed by atoms with van der Waals surface area (Å²) in [5.41, 5.74) is -0.833. The van der Waals surface area contributed by atoms with Crippen LogP contribution in [0, 0.1) is 6.92 Å². The Balaban J connectivity index is 1.84. The molecule has 1 fully saturated rings. The third-order valence-electron chi connectivity index (χ3n) is 4.18. The van der Waals surface area contributed by atoms with Crippen LogP contribution in [0.3, 0.4) is 0 Å². The van der Waals surface area contributed by atoms with Crippen LogP contribution in [0.25, 0.3) is 11.8 Å². The molecule has 26 heavy (non-hydrogen) atoms. The first-order valence-corrected chi connectivity index (χ1v) is 8.20. The first-order chi connectivity index (χ1) is 12.3. The van der Waals surface area contributed by atoms with E-state index in [0.29, 0.717) is 0 Å². The first-order valence-electron chi connectivity index (χ1n) is 8.20. The molecule has 0 spiro atoms. The maximum atomic E-state index is 13.4. The van der Waals surface area contributed by atoms with Gasteiger partial charge in [-0.05, 0) is 66.8 Å². The number of aryl methyl sites for hydroxylation is 1. The number of benzene rings is 1. The lowest BCUT2D eigenvalue weighted by molar-refractivity contribution is -0.142. The van der Waals surface area contributed by atoms with Crippen LogP contribution in [0.4, 0.5) is 13.2 Å². The Hall–Kier alpha value is -2.71. The topological polar surface area (TPSA) is 69.9 Å². The summed E-state index contributed by atoms with van der Waals surface area (Å²) < 4.78 is 46.5. The molecule has 0 saturated heterocycles. The van der Waals surface area contributed by atoms with E-state index in [4.69, 9.17) is 4.74 Å². The third-order valence-corrected chi connectivity index (χ3v) is 4.18. The van der Waals surface area contributed by atoms with Crippen LogP contribution in [-0.4, -0.2) is 32.3 Å². The molecule has 1 saturated carbocycles. The van der Waals surface area contributed by atoms with Crippen LogP contribution in [0.1, 0.15) is 42.6 Å². The van der Waals surface area contributed by atoms with Crippen molar-refractivity contribution in [2.75, 3.05) is 0 Å². The molecule has 2 aromatic rings. The highest BCUT2D eigenvalue weighted by atomic mass is 19.4. The molecule has 1 aliphatic carbocycles. The van der Waals surface area contributed by atoms with Crippen molar-refractivity contribution in [2.45, 2.75) is 44.9 Å². The number of hydrogen-bond acceptors (Lipinski definition) is 5. The van der Waals surface area contributed by atoms with Gasteiger partial charge >= 0.3 is 12.1 Å². The van der Waals surface area contributed by atoms with E-state index in [1.807, 2.05) is 0 Å². The summed E-state index contributed by atoms with van der Waals surface area (Å²) in [6, 6.07) is 3.69. The average Bonchev–Trinajstić information content (AvgIpc) is 3.23. The minimum atomic E-state index is -4.60. The van der Waals surface area contributed by atoms with Crippen molar-refractivity contribution in [1.29, 1.82) is 0 Å². The Labute approximate surface area is 147 Å². The second-order valence-electron chi connectivity index (χ2n) is 6.09. The Kier molecular flexibility index (Phi) is 5.06. The van der Waals surface area contributed by atoms with Gasteiger partial charge in [0.05, 0.1) is 11.3 Å². The predicted octanol–water partition coefficient (Wildman–Crippen LogP) is 3.49. The fourth-order valence-electron chi connectivity index (χ4n) is 2.90. The van der Waals surface area contributed by atoms with E-state index in [9.17, 15) is 18.0 Å². The highest BCUT2D eigenvalue weighted by Crippen LogP contribution is 2.34. The second-order valence-corrected chi connectivity index (χ2v) is 6.09. The normalized spacial score (nSPS) is 15.7. The fourth-order valence-corrected chi connectivity index (χ4v) is 2.90. The molecule has 0 aliphatic heterocycles. The zero-order valence-corrected chi connectivity index (χ0v) is 14.0. The van der Waals surface area contributed by atoms with E-state index in [0.717, 1.165) is 42.5 Å². The summed E-state index contributed by atoms with van der Waals surface area (Å²) in [6.07, 6.45) is 1.47. The van der Waals surface area contributed by atoms with Crippen LogP contribution in [0.2, 0.25) is 0 Å².